The minimum atomic E-state index is -0.0425. The van der Waals surface area contributed by atoms with E-state index in [0.29, 0.717) is 6.04 Å². The van der Waals surface area contributed by atoms with Crippen LogP contribution in [0.1, 0.15) is 43.6 Å². The molecule has 0 bridgehead atoms. The van der Waals surface area contributed by atoms with Crippen molar-refractivity contribution in [3.63, 3.8) is 0 Å². The topological polar surface area (TPSA) is 62.3 Å². The van der Waals surface area contributed by atoms with E-state index in [-0.39, 0.29) is 6.04 Å². The lowest BCUT2D eigenvalue weighted by atomic mass is 10.1. The standard InChI is InChI=1S/C16H23N3O2/c1-20-9-3-4-13(17)16-18-14-10-12(21-2)7-8-15(14)19(16)11-5-6-11/h7-8,10-11,13H,3-6,9,17H2,1-2H3. The summed E-state index contributed by atoms with van der Waals surface area (Å²) in [6, 6.07) is 6.58. The van der Waals surface area contributed by atoms with E-state index in [0.717, 1.165) is 42.1 Å². The van der Waals surface area contributed by atoms with Crippen molar-refractivity contribution in [2.45, 2.75) is 37.8 Å². The SMILES string of the molecule is COCCCC(N)c1nc2cc(OC)ccc2n1C1CC1. The van der Waals surface area contributed by atoms with E-state index < -0.39 is 0 Å². The van der Waals surface area contributed by atoms with E-state index in [1.165, 1.54) is 12.8 Å². The second-order valence-electron chi connectivity index (χ2n) is 5.67. The Morgan fingerprint density at radius 3 is 2.86 bits per heavy atom. The van der Waals surface area contributed by atoms with Gasteiger partial charge in [-0.25, -0.2) is 4.98 Å². The van der Waals surface area contributed by atoms with Crippen LogP contribution < -0.4 is 10.5 Å². The molecule has 1 unspecified atom stereocenters. The third-order valence-corrected chi connectivity index (χ3v) is 4.03. The maximum Gasteiger partial charge on any atom is 0.127 e. The quantitative estimate of drug-likeness (QED) is 0.796. The van der Waals surface area contributed by atoms with Crippen LogP contribution in [0.15, 0.2) is 18.2 Å². The number of methoxy groups -OCH3 is 2. The van der Waals surface area contributed by atoms with Crippen molar-refractivity contribution in [2.24, 2.45) is 5.73 Å². The van der Waals surface area contributed by atoms with Crippen molar-refractivity contribution >= 4 is 11.0 Å². The predicted octanol–water partition coefficient (Wildman–Crippen LogP) is 2.81. The predicted molar refractivity (Wildman–Crippen MR) is 82.6 cm³/mol. The third-order valence-electron chi connectivity index (χ3n) is 4.03. The highest BCUT2D eigenvalue weighted by Gasteiger charge is 2.30. The van der Waals surface area contributed by atoms with Gasteiger partial charge < -0.3 is 19.8 Å². The maximum absolute atomic E-state index is 6.37. The zero-order valence-corrected chi connectivity index (χ0v) is 12.7. The average Bonchev–Trinajstić information content (AvgIpc) is 3.26. The van der Waals surface area contributed by atoms with Crippen LogP contribution in [-0.4, -0.2) is 30.4 Å². The van der Waals surface area contributed by atoms with Gasteiger partial charge in [-0.3, -0.25) is 0 Å². The van der Waals surface area contributed by atoms with Gasteiger partial charge in [-0.2, -0.15) is 0 Å². The van der Waals surface area contributed by atoms with Crippen LogP contribution in [0.25, 0.3) is 11.0 Å². The summed E-state index contributed by atoms with van der Waals surface area (Å²) < 4.78 is 12.7. The number of hydrogen-bond donors (Lipinski definition) is 1. The molecule has 0 aliphatic heterocycles. The fourth-order valence-electron chi connectivity index (χ4n) is 2.78. The first-order valence-electron chi connectivity index (χ1n) is 7.55. The van der Waals surface area contributed by atoms with Crippen LogP contribution in [-0.2, 0) is 4.74 Å². The Morgan fingerprint density at radius 2 is 2.19 bits per heavy atom. The van der Waals surface area contributed by atoms with E-state index in [1.54, 1.807) is 14.2 Å². The molecule has 0 radical (unpaired) electrons. The van der Waals surface area contributed by atoms with Gasteiger partial charge in [0.1, 0.15) is 11.6 Å². The number of imidazole rings is 1. The molecule has 3 rings (SSSR count). The van der Waals surface area contributed by atoms with Crippen LogP contribution >= 0.6 is 0 Å². The Kier molecular flexibility index (Phi) is 4.12. The smallest absolute Gasteiger partial charge is 0.127 e. The van der Waals surface area contributed by atoms with Gasteiger partial charge in [-0.1, -0.05) is 0 Å². The molecule has 1 atom stereocenters. The van der Waals surface area contributed by atoms with Crippen LogP contribution in [0.2, 0.25) is 0 Å². The van der Waals surface area contributed by atoms with Crippen molar-refractivity contribution < 1.29 is 9.47 Å². The molecule has 1 aromatic heterocycles. The first kappa shape index (κ1) is 14.4. The number of benzene rings is 1. The van der Waals surface area contributed by atoms with Crippen molar-refractivity contribution in [2.75, 3.05) is 20.8 Å². The zero-order chi connectivity index (χ0) is 14.8. The summed E-state index contributed by atoms with van der Waals surface area (Å²) >= 11 is 0. The molecule has 0 spiro atoms. The van der Waals surface area contributed by atoms with Gasteiger partial charge in [-0.15, -0.1) is 0 Å². The van der Waals surface area contributed by atoms with Crippen LogP contribution in [0, 0.1) is 0 Å². The second kappa shape index (κ2) is 6.03. The highest BCUT2D eigenvalue weighted by molar-refractivity contribution is 5.78. The molecule has 1 aromatic carbocycles. The van der Waals surface area contributed by atoms with Gasteiger partial charge >= 0.3 is 0 Å². The number of ether oxygens (including phenoxy) is 2. The van der Waals surface area contributed by atoms with Gasteiger partial charge in [0.05, 0.1) is 24.2 Å². The normalized spacial score (nSPS) is 16.3. The second-order valence-corrected chi connectivity index (χ2v) is 5.67. The lowest BCUT2D eigenvalue weighted by Crippen LogP contribution is -2.17. The number of rotatable bonds is 7. The molecule has 1 heterocycles. The molecule has 0 amide bonds. The molecule has 1 saturated carbocycles. The molecular formula is C16H23N3O2. The Balaban J connectivity index is 1.94. The summed E-state index contributed by atoms with van der Waals surface area (Å²) in [4.78, 5) is 4.78. The fourth-order valence-corrected chi connectivity index (χ4v) is 2.78. The van der Waals surface area contributed by atoms with Crippen molar-refractivity contribution in [3.05, 3.63) is 24.0 Å². The molecule has 5 nitrogen and oxygen atoms in total. The van der Waals surface area contributed by atoms with Gasteiger partial charge in [0.2, 0.25) is 0 Å². The van der Waals surface area contributed by atoms with Crippen LogP contribution in [0.3, 0.4) is 0 Å². The lowest BCUT2D eigenvalue weighted by Gasteiger charge is -2.14. The highest BCUT2D eigenvalue weighted by Crippen LogP contribution is 2.40. The average molecular weight is 289 g/mol. The first-order chi connectivity index (χ1) is 10.2. The minimum Gasteiger partial charge on any atom is -0.497 e. The van der Waals surface area contributed by atoms with Gasteiger partial charge in [0.25, 0.3) is 0 Å². The summed E-state index contributed by atoms with van der Waals surface area (Å²) in [5.41, 5.74) is 8.50. The van der Waals surface area contributed by atoms with E-state index in [4.69, 9.17) is 20.2 Å². The van der Waals surface area contributed by atoms with Crippen LogP contribution in [0.5, 0.6) is 5.75 Å². The maximum atomic E-state index is 6.37. The van der Waals surface area contributed by atoms with Crippen molar-refractivity contribution in [3.8, 4) is 5.75 Å². The molecule has 1 aliphatic carbocycles. The first-order valence-corrected chi connectivity index (χ1v) is 7.55. The number of hydrogen-bond acceptors (Lipinski definition) is 4. The Hall–Kier alpha value is -1.59. The molecule has 1 aliphatic rings. The summed E-state index contributed by atoms with van der Waals surface area (Å²) in [5.74, 6) is 1.83. The Labute approximate surface area is 125 Å². The monoisotopic (exact) mass is 289 g/mol. The summed E-state index contributed by atoms with van der Waals surface area (Å²) in [7, 11) is 3.40. The fraction of sp³-hybridized carbons (Fsp3) is 0.562. The van der Waals surface area contributed by atoms with Crippen molar-refractivity contribution in [1.29, 1.82) is 0 Å². The molecule has 1 fully saturated rings. The lowest BCUT2D eigenvalue weighted by molar-refractivity contribution is 0.190. The van der Waals surface area contributed by atoms with Crippen molar-refractivity contribution in [1.82, 2.24) is 9.55 Å². The summed E-state index contributed by atoms with van der Waals surface area (Å²) in [6.45, 7) is 0.741. The summed E-state index contributed by atoms with van der Waals surface area (Å²) in [6.07, 6.45) is 4.28. The molecule has 0 saturated heterocycles. The van der Waals surface area contributed by atoms with E-state index >= 15 is 0 Å². The van der Waals surface area contributed by atoms with E-state index in [2.05, 4.69) is 10.6 Å². The van der Waals surface area contributed by atoms with Crippen LogP contribution in [0.4, 0.5) is 0 Å². The zero-order valence-electron chi connectivity index (χ0n) is 12.7. The number of aromatic nitrogens is 2. The van der Waals surface area contributed by atoms with E-state index in [9.17, 15) is 0 Å². The number of nitrogens with two attached hydrogens (primary N) is 1. The minimum absolute atomic E-state index is 0.0425. The van der Waals surface area contributed by atoms with E-state index in [1.807, 2.05) is 12.1 Å². The molecule has 2 N–H and O–H groups in total. The molecule has 21 heavy (non-hydrogen) atoms. The molecule has 2 aromatic rings. The third kappa shape index (κ3) is 2.89. The van der Waals surface area contributed by atoms with Gasteiger partial charge in [-0.05, 0) is 37.8 Å². The molecule has 114 valence electrons. The highest BCUT2D eigenvalue weighted by atomic mass is 16.5. The van der Waals surface area contributed by atoms with Gasteiger partial charge in [0, 0.05) is 25.8 Å². The Morgan fingerprint density at radius 1 is 1.38 bits per heavy atom. The number of nitrogens with zero attached hydrogens (tertiary/aromatic N) is 2. The molecule has 5 heteroatoms. The Bertz CT molecular complexity index is 619. The van der Waals surface area contributed by atoms with Gasteiger partial charge in [0.15, 0.2) is 0 Å². The summed E-state index contributed by atoms with van der Waals surface area (Å²) in [5, 5.41) is 0. The number of fused-ring (bicyclic) bond motifs is 1. The largest absolute Gasteiger partial charge is 0.497 e. The molecular weight excluding hydrogens is 266 g/mol.